The Hall–Kier alpha value is -3.43. The molecule has 1 N–H and O–H groups in total. The van der Waals surface area contributed by atoms with Gasteiger partial charge in [0.1, 0.15) is 11.5 Å². The van der Waals surface area contributed by atoms with Gasteiger partial charge in [0.2, 0.25) is 5.91 Å². The van der Waals surface area contributed by atoms with Crippen molar-refractivity contribution in [2.45, 2.75) is 51.4 Å². The van der Waals surface area contributed by atoms with Crippen LogP contribution in [0.1, 0.15) is 48.8 Å². The number of rotatable bonds is 17. The lowest BCUT2D eigenvalue weighted by molar-refractivity contribution is -0.119. The van der Waals surface area contributed by atoms with E-state index in [9.17, 15) is 4.79 Å². The molecule has 3 aromatic carbocycles. The molecular formula is C35H46N2O6. The fourth-order valence-corrected chi connectivity index (χ4v) is 5.23. The Labute approximate surface area is 256 Å². The molecule has 0 spiro atoms. The van der Waals surface area contributed by atoms with Crippen LogP contribution >= 0.6 is 0 Å². The molecular weight excluding hydrogens is 544 g/mol. The average molecular weight is 591 g/mol. The maximum atomic E-state index is 12.5. The first-order valence-corrected chi connectivity index (χ1v) is 15.3. The number of hydrogen-bond donors (Lipinski definition) is 1. The summed E-state index contributed by atoms with van der Waals surface area (Å²) in [6.07, 6.45) is 2.23. The molecule has 0 bridgehead atoms. The fourth-order valence-electron chi connectivity index (χ4n) is 5.23. The monoisotopic (exact) mass is 590 g/mol. The predicted octanol–water partition coefficient (Wildman–Crippen LogP) is 5.73. The minimum absolute atomic E-state index is 0.0351. The Morgan fingerprint density at radius 2 is 1.79 bits per heavy atom. The number of ether oxygens (including phenoxy) is 5. The zero-order valence-corrected chi connectivity index (χ0v) is 25.8. The Kier molecular flexibility index (Phi) is 13.3. The lowest BCUT2D eigenvalue weighted by atomic mass is 9.87. The van der Waals surface area contributed by atoms with Gasteiger partial charge in [-0.25, -0.2) is 0 Å². The summed E-state index contributed by atoms with van der Waals surface area (Å²) in [5.41, 5.74) is 4.21. The zero-order valence-electron chi connectivity index (χ0n) is 25.8. The third-order valence-corrected chi connectivity index (χ3v) is 7.69. The molecule has 0 aliphatic carbocycles. The lowest BCUT2D eigenvalue weighted by Gasteiger charge is -2.32. The number of carbonyl (C=O) groups excluding carboxylic acids is 1. The van der Waals surface area contributed by atoms with E-state index in [-0.39, 0.29) is 12.0 Å². The van der Waals surface area contributed by atoms with Crippen LogP contribution in [0, 0.1) is 0 Å². The van der Waals surface area contributed by atoms with Crippen molar-refractivity contribution in [2.24, 2.45) is 0 Å². The molecule has 1 heterocycles. The highest BCUT2D eigenvalue weighted by molar-refractivity contribution is 5.92. The number of nitrogens with zero attached hydrogens (tertiary/aromatic N) is 1. The van der Waals surface area contributed by atoms with Crippen LogP contribution in [0.4, 0.5) is 5.69 Å². The third-order valence-electron chi connectivity index (χ3n) is 7.69. The van der Waals surface area contributed by atoms with Gasteiger partial charge in [-0.15, -0.1) is 0 Å². The van der Waals surface area contributed by atoms with Gasteiger partial charge in [-0.05, 0) is 61.3 Å². The van der Waals surface area contributed by atoms with E-state index in [1.807, 2.05) is 67.6 Å². The van der Waals surface area contributed by atoms with Crippen LogP contribution in [-0.2, 0) is 32.2 Å². The maximum absolute atomic E-state index is 12.5. The quantitative estimate of drug-likeness (QED) is 0.201. The predicted molar refractivity (Wildman–Crippen MR) is 169 cm³/mol. The number of anilines is 1. The second kappa shape index (κ2) is 17.6. The van der Waals surface area contributed by atoms with Crippen LogP contribution in [0.3, 0.4) is 0 Å². The van der Waals surface area contributed by atoms with Crippen molar-refractivity contribution in [1.82, 2.24) is 5.32 Å². The van der Waals surface area contributed by atoms with Crippen LogP contribution in [-0.4, -0.2) is 65.7 Å². The van der Waals surface area contributed by atoms with E-state index in [4.69, 9.17) is 23.7 Å². The third kappa shape index (κ3) is 10.1. The highest BCUT2D eigenvalue weighted by atomic mass is 16.5. The molecule has 43 heavy (non-hydrogen) atoms. The van der Waals surface area contributed by atoms with E-state index in [1.54, 1.807) is 19.1 Å². The van der Waals surface area contributed by atoms with Crippen LogP contribution in [0.15, 0.2) is 72.8 Å². The molecule has 3 aromatic rings. The summed E-state index contributed by atoms with van der Waals surface area (Å²) in [5.74, 6) is 2.04. The summed E-state index contributed by atoms with van der Waals surface area (Å²) in [5, 5.41) is 3.48. The topological polar surface area (TPSA) is 78.5 Å². The van der Waals surface area contributed by atoms with Gasteiger partial charge in [0.25, 0.3) is 0 Å². The molecule has 1 fully saturated rings. The SMILES string of the molecule is CCOCCC(=O)N(C)c1cccc(CO[C@H]2CNCC[C@@H]2c2ccc(OCCCOCc3ccccc3OC)cc2)c1. The van der Waals surface area contributed by atoms with Gasteiger partial charge in [-0.2, -0.15) is 0 Å². The molecule has 2 atom stereocenters. The summed E-state index contributed by atoms with van der Waals surface area (Å²) in [4.78, 5) is 14.2. The zero-order chi connectivity index (χ0) is 30.3. The molecule has 0 aromatic heterocycles. The Bertz CT molecular complexity index is 1250. The molecule has 1 saturated heterocycles. The first kappa shape index (κ1) is 32.5. The summed E-state index contributed by atoms with van der Waals surface area (Å²) in [7, 11) is 3.48. The normalized spacial score (nSPS) is 16.5. The average Bonchev–Trinajstić information content (AvgIpc) is 3.06. The Balaban J connectivity index is 1.22. The highest BCUT2D eigenvalue weighted by Gasteiger charge is 2.27. The molecule has 4 rings (SSSR count). The van der Waals surface area contributed by atoms with Crippen molar-refractivity contribution >= 4 is 11.6 Å². The van der Waals surface area contributed by atoms with Crippen LogP contribution in [0.25, 0.3) is 0 Å². The van der Waals surface area contributed by atoms with Gasteiger partial charge in [0.05, 0.1) is 52.7 Å². The molecule has 0 radical (unpaired) electrons. The number of benzene rings is 3. The van der Waals surface area contributed by atoms with Gasteiger partial charge in [-0.3, -0.25) is 4.79 Å². The number of hydrogen-bond acceptors (Lipinski definition) is 7. The fraction of sp³-hybridized carbons (Fsp3) is 0.457. The Morgan fingerprint density at radius 1 is 0.953 bits per heavy atom. The second-order valence-electron chi connectivity index (χ2n) is 10.7. The summed E-state index contributed by atoms with van der Waals surface area (Å²) in [6.45, 7) is 6.96. The number of carbonyl (C=O) groups is 1. The molecule has 8 nitrogen and oxygen atoms in total. The molecule has 1 amide bonds. The van der Waals surface area contributed by atoms with Crippen LogP contribution in [0.2, 0.25) is 0 Å². The summed E-state index contributed by atoms with van der Waals surface area (Å²) < 4.78 is 28.9. The van der Waals surface area contributed by atoms with Gasteiger partial charge in [0, 0.05) is 43.8 Å². The largest absolute Gasteiger partial charge is 0.496 e. The summed E-state index contributed by atoms with van der Waals surface area (Å²) >= 11 is 0. The van der Waals surface area contributed by atoms with E-state index >= 15 is 0 Å². The number of amides is 1. The molecule has 0 unspecified atom stereocenters. The molecule has 8 heteroatoms. The van der Waals surface area contributed by atoms with Gasteiger partial charge in [0.15, 0.2) is 0 Å². The first-order chi connectivity index (χ1) is 21.1. The highest BCUT2D eigenvalue weighted by Crippen LogP contribution is 2.30. The second-order valence-corrected chi connectivity index (χ2v) is 10.7. The summed E-state index contributed by atoms with van der Waals surface area (Å²) in [6, 6.07) is 24.3. The smallest absolute Gasteiger partial charge is 0.229 e. The van der Waals surface area contributed by atoms with E-state index in [0.717, 1.165) is 54.2 Å². The van der Waals surface area contributed by atoms with Gasteiger partial charge < -0.3 is 33.9 Å². The lowest BCUT2D eigenvalue weighted by Crippen LogP contribution is -2.40. The van der Waals surface area contributed by atoms with Gasteiger partial charge in [-0.1, -0.05) is 42.5 Å². The number of methoxy groups -OCH3 is 1. The van der Waals surface area contributed by atoms with E-state index in [0.29, 0.717) is 52.0 Å². The standard InChI is InChI=1S/C35H46N2O6/c1-4-40-22-18-35(38)37(2)30-11-7-9-27(23-30)25-43-34-24-36-19-17-32(34)28-13-15-31(16-14-28)42-21-8-20-41-26-29-10-5-6-12-33(29)39-3/h5-7,9-16,23,32,34,36H,4,8,17-22,24-26H2,1-3H3/t32-,34+/m1/s1. The minimum Gasteiger partial charge on any atom is -0.496 e. The number of nitrogens with one attached hydrogen (secondary N) is 1. The number of piperidine rings is 1. The molecule has 1 aliphatic heterocycles. The van der Waals surface area contributed by atoms with Crippen molar-refractivity contribution in [3.05, 3.63) is 89.5 Å². The van der Waals surface area contributed by atoms with E-state index in [2.05, 4.69) is 17.4 Å². The van der Waals surface area contributed by atoms with Crippen molar-refractivity contribution in [3.63, 3.8) is 0 Å². The first-order valence-electron chi connectivity index (χ1n) is 15.3. The van der Waals surface area contributed by atoms with Crippen molar-refractivity contribution in [3.8, 4) is 11.5 Å². The Morgan fingerprint density at radius 3 is 2.60 bits per heavy atom. The van der Waals surface area contributed by atoms with Crippen LogP contribution < -0.4 is 19.7 Å². The molecule has 0 saturated carbocycles. The molecule has 1 aliphatic rings. The minimum atomic E-state index is 0.0351. The van der Waals surface area contributed by atoms with Gasteiger partial charge >= 0.3 is 0 Å². The maximum Gasteiger partial charge on any atom is 0.229 e. The van der Waals surface area contributed by atoms with E-state index in [1.165, 1.54) is 5.56 Å². The van der Waals surface area contributed by atoms with Crippen LogP contribution in [0.5, 0.6) is 11.5 Å². The number of para-hydroxylation sites is 1. The van der Waals surface area contributed by atoms with E-state index < -0.39 is 0 Å². The van der Waals surface area contributed by atoms with Crippen molar-refractivity contribution in [2.75, 3.05) is 58.6 Å². The molecule has 232 valence electrons. The van der Waals surface area contributed by atoms with Crippen molar-refractivity contribution in [1.29, 1.82) is 0 Å². The van der Waals surface area contributed by atoms with Crippen molar-refractivity contribution < 1.29 is 28.5 Å².